The van der Waals surface area contributed by atoms with E-state index in [9.17, 15) is 4.39 Å². The molecular formula is C14H25F. The zero-order chi connectivity index (χ0) is 11.5. The fourth-order valence-corrected chi connectivity index (χ4v) is 1.68. The van der Waals surface area contributed by atoms with Crippen molar-refractivity contribution < 1.29 is 4.39 Å². The van der Waals surface area contributed by atoms with Crippen LogP contribution in [0.15, 0.2) is 24.1 Å². The van der Waals surface area contributed by atoms with Crippen LogP contribution in [0.1, 0.15) is 65.2 Å². The minimum atomic E-state index is -0.0813. The first-order chi connectivity index (χ1) is 7.26. The second kappa shape index (κ2) is 9.95. The Hall–Kier alpha value is -0.590. The standard InChI is InChI=1S/C14H25F/c1-4-7-9-11-13(14(15)6-3)12-10-8-5-2/h6H,3-5,7-12H2,1-2H3. The second-order valence-corrected chi connectivity index (χ2v) is 4.07. The number of hydrogen-bond acceptors (Lipinski definition) is 0. The van der Waals surface area contributed by atoms with E-state index in [0.717, 1.165) is 31.3 Å². The summed E-state index contributed by atoms with van der Waals surface area (Å²) in [4.78, 5) is 0. The molecule has 0 atom stereocenters. The van der Waals surface area contributed by atoms with Crippen molar-refractivity contribution in [2.75, 3.05) is 0 Å². The molecule has 0 aliphatic carbocycles. The molecule has 88 valence electrons. The van der Waals surface area contributed by atoms with Gasteiger partial charge < -0.3 is 0 Å². The van der Waals surface area contributed by atoms with Crippen LogP contribution in [0.2, 0.25) is 0 Å². The van der Waals surface area contributed by atoms with Crippen LogP contribution in [-0.2, 0) is 0 Å². The summed E-state index contributed by atoms with van der Waals surface area (Å²) in [6.45, 7) is 7.85. The van der Waals surface area contributed by atoms with Gasteiger partial charge in [-0.1, -0.05) is 46.1 Å². The number of allylic oxidation sites excluding steroid dienone is 3. The number of unbranched alkanes of at least 4 members (excludes halogenated alkanes) is 4. The molecule has 0 bridgehead atoms. The van der Waals surface area contributed by atoms with Crippen LogP contribution in [0.4, 0.5) is 4.39 Å². The molecule has 0 saturated heterocycles. The summed E-state index contributed by atoms with van der Waals surface area (Å²) in [5, 5.41) is 0. The van der Waals surface area contributed by atoms with E-state index in [0.29, 0.717) is 0 Å². The molecule has 0 fully saturated rings. The van der Waals surface area contributed by atoms with Gasteiger partial charge >= 0.3 is 0 Å². The smallest absolute Gasteiger partial charge is 0.121 e. The molecule has 0 rings (SSSR count). The summed E-state index contributed by atoms with van der Waals surface area (Å²) in [5.41, 5.74) is 0.979. The van der Waals surface area contributed by atoms with Crippen LogP contribution in [0.5, 0.6) is 0 Å². The molecule has 0 spiro atoms. The first kappa shape index (κ1) is 14.4. The van der Waals surface area contributed by atoms with Crippen LogP contribution in [-0.4, -0.2) is 0 Å². The molecule has 0 aromatic rings. The average Bonchev–Trinajstić information content (AvgIpc) is 2.26. The van der Waals surface area contributed by atoms with Gasteiger partial charge in [0.25, 0.3) is 0 Å². The molecule has 0 unspecified atom stereocenters. The predicted molar refractivity (Wildman–Crippen MR) is 66.6 cm³/mol. The highest BCUT2D eigenvalue weighted by Gasteiger charge is 2.03. The van der Waals surface area contributed by atoms with Gasteiger partial charge in [-0.05, 0) is 37.3 Å². The van der Waals surface area contributed by atoms with Gasteiger partial charge in [-0.15, -0.1) is 0 Å². The molecule has 15 heavy (non-hydrogen) atoms. The fraction of sp³-hybridized carbons (Fsp3) is 0.714. The lowest BCUT2D eigenvalue weighted by atomic mass is 10.0. The molecule has 0 aliphatic heterocycles. The van der Waals surface area contributed by atoms with Gasteiger partial charge in [-0.2, -0.15) is 0 Å². The molecule has 0 saturated carbocycles. The van der Waals surface area contributed by atoms with Crippen LogP contribution in [0.25, 0.3) is 0 Å². The molecule has 0 heterocycles. The number of rotatable bonds is 9. The molecule has 0 aliphatic rings. The van der Waals surface area contributed by atoms with E-state index in [1.165, 1.54) is 31.8 Å². The zero-order valence-electron chi connectivity index (χ0n) is 10.3. The maximum absolute atomic E-state index is 13.4. The van der Waals surface area contributed by atoms with E-state index in [1.54, 1.807) is 0 Å². The lowest BCUT2D eigenvalue weighted by Gasteiger charge is -2.07. The highest BCUT2D eigenvalue weighted by Crippen LogP contribution is 2.21. The Morgan fingerprint density at radius 1 is 1.00 bits per heavy atom. The summed E-state index contributed by atoms with van der Waals surface area (Å²) >= 11 is 0. The summed E-state index contributed by atoms with van der Waals surface area (Å²) in [5.74, 6) is -0.0813. The number of halogens is 1. The maximum Gasteiger partial charge on any atom is 0.121 e. The second-order valence-electron chi connectivity index (χ2n) is 4.07. The average molecular weight is 212 g/mol. The van der Waals surface area contributed by atoms with E-state index in [1.807, 2.05) is 0 Å². The van der Waals surface area contributed by atoms with Crippen LogP contribution >= 0.6 is 0 Å². The Kier molecular flexibility index (Phi) is 9.55. The minimum absolute atomic E-state index is 0.0813. The molecule has 0 aromatic carbocycles. The molecule has 0 nitrogen and oxygen atoms in total. The zero-order valence-corrected chi connectivity index (χ0v) is 10.3. The normalized spacial score (nSPS) is 10.1. The van der Waals surface area contributed by atoms with Gasteiger partial charge in [-0.3, -0.25) is 0 Å². The SMILES string of the molecule is C=CC(F)=C(CCCCC)CCCCC. The Bertz CT molecular complexity index is 180. The van der Waals surface area contributed by atoms with Gasteiger partial charge in [0.05, 0.1) is 0 Å². The third-order valence-corrected chi connectivity index (χ3v) is 2.68. The van der Waals surface area contributed by atoms with E-state index in [4.69, 9.17) is 0 Å². The summed E-state index contributed by atoms with van der Waals surface area (Å²) in [6.07, 6.45) is 10.2. The van der Waals surface area contributed by atoms with Crippen molar-refractivity contribution in [2.24, 2.45) is 0 Å². The first-order valence-electron chi connectivity index (χ1n) is 6.26. The molecule has 0 N–H and O–H groups in total. The van der Waals surface area contributed by atoms with Gasteiger partial charge in [0.15, 0.2) is 0 Å². The van der Waals surface area contributed by atoms with E-state index >= 15 is 0 Å². The molecular weight excluding hydrogens is 187 g/mol. The van der Waals surface area contributed by atoms with Crippen molar-refractivity contribution in [1.29, 1.82) is 0 Å². The quantitative estimate of drug-likeness (QED) is 0.347. The number of hydrogen-bond donors (Lipinski definition) is 0. The van der Waals surface area contributed by atoms with Crippen molar-refractivity contribution >= 4 is 0 Å². The van der Waals surface area contributed by atoms with Crippen molar-refractivity contribution in [3.63, 3.8) is 0 Å². The Balaban J connectivity index is 4.02. The van der Waals surface area contributed by atoms with Crippen molar-refractivity contribution in [1.82, 2.24) is 0 Å². The topological polar surface area (TPSA) is 0 Å². The third kappa shape index (κ3) is 7.35. The van der Waals surface area contributed by atoms with Gasteiger partial charge in [-0.25, -0.2) is 4.39 Å². The lowest BCUT2D eigenvalue weighted by molar-refractivity contribution is 0.598. The van der Waals surface area contributed by atoms with E-state index in [-0.39, 0.29) is 5.83 Å². The molecule has 0 aromatic heterocycles. The molecule has 1 heteroatoms. The van der Waals surface area contributed by atoms with Crippen molar-refractivity contribution in [3.05, 3.63) is 24.1 Å². The molecule has 0 amide bonds. The summed E-state index contributed by atoms with van der Waals surface area (Å²) in [7, 11) is 0. The predicted octanol–water partition coefficient (Wildman–Crippen LogP) is 5.56. The Morgan fingerprint density at radius 2 is 1.47 bits per heavy atom. The Labute approximate surface area is 94.3 Å². The summed E-state index contributed by atoms with van der Waals surface area (Å²) < 4.78 is 13.4. The van der Waals surface area contributed by atoms with Crippen LogP contribution in [0, 0.1) is 0 Å². The van der Waals surface area contributed by atoms with Crippen LogP contribution in [0.3, 0.4) is 0 Å². The highest BCUT2D eigenvalue weighted by molar-refractivity contribution is 5.17. The third-order valence-electron chi connectivity index (χ3n) is 2.68. The maximum atomic E-state index is 13.4. The van der Waals surface area contributed by atoms with Gasteiger partial charge in [0.2, 0.25) is 0 Å². The molecule has 0 radical (unpaired) electrons. The fourth-order valence-electron chi connectivity index (χ4n) is 1.68. The monoisotopic (exact) mass is 212 g/mol. The lowest BCUT2D eigenvalue weighted by Crippen LogP contribution is -1.89. The first-order valence-corrected chi connectivity index (χ1v) is 6.26. The van der Waals surface area contributed by atoms with Crippen LogP contribution < -0.4 is 0 Å². The summed E-state index contributed by atoms with van der Waals surface area (Å²) in [6, 6.07) is 0. The highest BCUT2D eigenvalue weighted by atomic mass is 19.1. The Morgan fingerprint density at radius 3 is 1.80 bits per heavy atom. The van der Waals surface area contributed by atoms with Gasteiger partial charge in [0.1, 0.15) is 5.83 Å². The van der Waals surface area contributed by atoms with E-state index in [2.05, 4.69) is 20.4 Å². The van der Waals surface area contributed by atoms with Crippen molar-refractivity contribution in [3.8, 4) is 0 Å². The minimum Gasteiger partial charge on any atom is -0.207 e. The van der Waals surface area contributed by atoms with Gasteiger partial charge in [0, 0.05) is 0 Å². The van der Waals surface area contributed by atoms with E-state index < -0.39 is 0 Å². The van der Waals surface area contributed by atoms with Crippen molar-refractivity contribution in [2.45, 2.75) is 65.2 Å². The largest absolute Gasteiger partial charge is 0.207 e.